The van der Waals surface area contributed by atoms with Crippen LogP contribution >= 0.6 is 0 Å². The van der Waals surface area contributed by atoms with Crippen LogP contribution in [0.1, 0.15) is 50.4 Å². The van der Waals surface area contributed by atoms with Gasteiger partial charge in [0.25, 0.3) is 5.89 Å². The van der Waals surface area contributed by atoms with Gasteiger partial charge in [0.05, 0.1) is 0 Å². The molecule has 0 spiro atoms. The van der Waals surface area contributed by atoms with Crippen LogP contribution in [0.2, 0.25) is 0 Å². The van der Waals surface area contributed by atoms with Gasteiger partial charge in [-0.05, 0) is 88.9 Å². The molecule has 3 aromatic rings. The van der Waals surface area contributed by atoms with Gasteiger partial charge in [0, 0.05) is 36.5 Å². The van der Waals surface area contributed by atoms with Crippen LogP contribution in [-0.4, -0.2) is 81.1 Å². The molecule has 0 radical (unpaired) electrons. The van der Waals surface area contributed by atoms with Crippen LogP contribution in [0.4, 0.5) is 5.82 Å². The Bertz CT molecular complexity index is 1290. The standard InChI is InChI=1S/C29H39N5O5/c1-6-20-14-21(12-18(4)26(20)38-17-23(35)16-34-11-9-10-24(34)29(36)37)27-31-28(39-32-27)22-13-19(5)30-25(15-22)33(7-2)8-3/h12-15,23-24,35H,6-11,16-17H2,1-5H3,(H,36,37). The van der Waals surface area contributed by atoms with Gasteiger partial charge in [-0.15, -0.1) is 0 Å². The second kappa shape index (κ2) is 12.6. The summed E-state index contributed by atoms with van der Waals surface area (Å²) < 4.78 is 11.7. The highest BCUT2D eigenvalue weighted by atomic mass is 16.5. The zero-order chi connectivity index (χ0) is 28.1. The number of β-amino-alcohol motifs (C(OH)–C–C–N with tert-alkyl or cyclic N) is 1. The molecular formula is C29H39N5O5. The summed E-state index contributed by atoms with van der Waals surface area (Å²) in [4.78, 5) is 24.8. The second-order valence-electron chi connectivity index (χ2n) is 10.0. The summed E-state index contributed by atoms with van der Waals surface area (Å²) in [6, 6.07) is 7.32. The van der Waals surface area contributed by atoms with E-state index in [-0.39, 0.29) is 13.2 Å². The van der Waals surface area contributed by atoms with Crippen molar-refractivity contribution in [2.75, 3.05) is 37.7 Å². The lowest BCUT2D eigenvalue weighted by molar-refractivity contribution is -0.142. The molecule has 1 fully saturated rings. The first-order valence-corrected chi connectivity index (χ1v) is 13.7. The van der Waals surface area contributed by atoms with E-state index in [1.807, 2.05) is 49.9 Å². The number of hydrogen-bond acceptors (Lipinski definition) is 9. The van der Waals surface area contributed by atoms with Crippen LogP contribution in [0.25, 0.3) is 22.8 Å². The third kappa shape index (κ3) is 6.57. The molecule has 10 heteroatoms. The molecule has 2 N–H and O–H groups in total. The van der Waals surface area contributed by atoms with E-state index in [2.05, 4.69) is 33.9 Å². The Morgan fingerprint density at radius 1 is 1.15 bits per heavy atom. The highest BCUT2D eigenvalue weighted by Crippen LogP contribution is 2.32. The van der Waals surface area contributed by atoms with Gasteiger partial charge < -0.3 is 24.4 Å². The number of carbonyl (C=O) groups is 1. The number of aromatic nitrogens is 3. The van der Waals surface area contributed by atoms with Crippen molar-refractivity contribution in [1.82, 2.24) is 20.0 Å². The van der Waals surface area contributed by atoms with Gasteiger partial charge in [-0.2, -0.15) is 4.98 Å². The number of hydrogen-bond donors (Lipinski definition) is 2. The average molecular weight is 538 g/mol. The molecule has 0 bridgehead atoms. The maximum absolute atomic E-state index is 11.4. The number of benzene rings is 1. The number of anilines is 1. The van der Waals surface area contributed by atoms with Gasteiger partial charge in [0.15, 0.2) is 0 Å². The summed E-state index contributed by atoms with van der Waals surface area (Å²) in [5.74, 6) is 1.68. The third-order valence-electron chi connectivity index (χ3n) is 7.20. The van der Waals surface area contributed by atoms with Crippen molar-refractivity contribution < 1.29 is 24.3 Å². The van der Waals surface area contributed by atoms with E-state index < -0.39 is 18.1 Å². The Morgan fingerprint density at radius 2 is 1.92 bits per heavy atom. The van der Waals surface area contributed by atoms with Gasteiger partial charge in [-0.1, -0.05) is 12.1 Å². The minimum absolute atomic E-state index is 0.0820. The van der Waals surface area contributed by atoms with Crippen LogP contribution in [0.5, 0.6) is 5.75 Å². The molecule has 10 nitrogen and oxygen atoms in total. The Labute approximate surface area is 229 Å². The second-order valence-corrected chi connectivity index (χ2v) is 10.0. The summed E-state index contributed by atoms with van der Waals surface area (Å²) in [7, 11) is 0. The number of rotatable bonds is 12. The largest absolute Gasteiger partial charge is 0.490 e. The third-order valence-corrected chi connectivity index (χ3v) is 7.20. The zero-order valence-electron chi connectivity index (χ0n) is 23.5. The summed E-state index contributed by atoms with van der Waals surface area (Å²) in [5.41, 5.74) is 4.40. The Kier molecular flexibility index (Phi) is 9.19. The molecular weight excluding hydrogens is 498 g/mol. The number of ether oxygens (including phenoxy) is 1. The SMILES string of the molecule is CCc1cc(-c2noc(-c3cc(C)nc(N(CC)CC)c3)n2)cc(C)c1OCC(O)CN1CCCC1C(=O)O. The van der Waals surface area contributed by atoms with E-state index in [9.17, 15) is 15.0 Å². The lowest BCUT2D eigenvalue weighted by atomic mass is 10.0. The Morgan fingerprint density at radius 3 is 2.62 bits per heavy atom. The number of pyridine rings is 1. The molecule has 2 unspecified atom stereocenters. The van der Waals surface area contributed by atoms with E-state index in [4.69, 9.17) is 9.26 Å². The topological polar surface area (TPSA) is 125 Å². The first kappa shape index (κ1) is 28.5. The molecule has 4 rings (SSSR count). The van der Waals surface area contributed by atoms with E-state index in [0.29, 0.717) is 30.4 Å². The normalized spacial score (nSPS) is 16.4. The number of nitrogens with zero attached hydrogens (tertiary/aromatic N) is 5. The molecule has 0 saturated carbocycles. The van der Waals surface area contributed by atoms with Crippen LogP contribution in [0.15, 0.2) is 28.8 Å². The van der Waals surface area contributed by atoms with Crippen molar-refractivity contribution in [3.8, 4) is 28.6 Å². The first-order valence-electron chi connectivity index (χ1n) is 13.7. The number of carboxylic acids is 1. The number of carboxylic acid groups (broad SMARTS) is 1. The van der Waals surface area contributed by atoms with Crippen LogP contribution in [0, 0.1) is 13.8 Å². The molecule has 0 aliphatic carbocycles. The quantitative estimate of drug-likeness (QED) is 0.349. The van der Waals surface area contributed by atoms with Gasteiger partial charge in [-0.3, -0.25) is 9.69 Å². The zero-order valence-corrected chi connectivity index (χ0v) is 23.5. The van der Waals surface area contributed by atoms with Crippen molar-refractivity contribution in [3.05, 3.63) is 41.1 Å². The molecule has 2 aromatic heterocycles. The average Bonchev–Trinajstić information content (AvgIpc) is 3.58. The van der Waals surface area contributed by atoms with E-state index in [1.54, 1.807) is 0 Å². The fourth-order valence-corrected chi connectivity index (χ4v) is 5.21. The number of aliphatic carboxylic acids is 1. The van der Waals surface area contributed by atoms with Crippen molar-refractivity contribution in [1.29, 1.82) is 0 Å². The number of aryl methyl sites for hydroxylation is 3. The van der Waals surface area contributed by atoms with E-state index in [1.165, 1.54) is 0 Å². The number of aliphatic hydroxyl groups excluding tert-OH is 1. The maximum Gasteiger partial charge on any atom is 0.320 e. The van der Waals surface area contributed by atoms with Crippen LogP contribution < -0.4 is 9.64 Å². The fraction of sp³-hybridized carbons (Fsp3) is 0.517. The van der Waals surface area contributed by atoms with E-state index in [0.717, 1.165) is 59.7 Å². The highest BCUT2D eigenvalue weighted by Gasteiger charge is 2.31. The summed E-state index contributed by atoms with van der Waals surface area (Å²) in [5, 5.41) is 24.2. The predicted molar refractivity (Wildman–Crippen MR) is 149 cm³/mol. The summed E-state index contributed by atoms with van der Waals surface area (Å²) >= 11 is 0. The molecule has 39 heavy (non-hydrogen) atoms. The van der Waals surface area contributed by atoms with Gasteiger partial charge in [0.2, 0.25) is 5.82 Å². The molecule has 1 aliphatic heterocycles. The van der Waals surface area contributed by atoms with Gasteiger partial charge >= 0.3 is 5.97 Å². The maximum atomic E-state index is 11.4. The highest BCUT2D eigenvalue weighted by molar-refractivity contribution is 5.73. The van der Waals surface area contributed by atoms with Crippen molar-refractivity contribution in [3.63, 3.8) is 0 Å². The van der Waals surface area contributed by atoms with Crippen LogP contribution in [-0.2, 0) is 11.2 Å². The van der Waals surface area contributed by atoms with Gasteiger partial charge in [0.1, 0.15) is 30.3 Å². The monoisotopic (exact) mass is 537 g/mol. The molecule has 3 heterocycles. The first-order chi connectivity index (χ1) is 18.7. The smallest absolute Gasteiger partial charge is 0.320 e. The Balaban J connectivity index is 1.50. The molecule has 1 aromatic carbocycles. The molecule has 2 atom stereocenters. The minimum atomic E-state index is -0.839. The molecule has 0 amide bonds. The van der Waals surface area contributed by atoms with E-state index >= 15 is 0 Å². The lowest BCUT2D eigenvalue weighted by Crippen LogP contribution is -2.42. The lowest BCUT2D eigenvalue weighted by Gasteiger charge is -2.24. The Hall–Kier alpha value is -3.50. The van der Waals surface area contributed by atoms with Crippen molar-refractivity contribution >= 4 is 11.8 Å². The minimum Gasteiger partial charge on any atom is -0.490 e. The van der Waals surface area contributed by atoms with Crippen LogP contribution in [0.3, 0.4) is 0 Å². The van der Waals surface area contributed by atoms with Crippen molar-refractivity contribution in [2.45, 2.75) is 66.0 Å². The summed E-state index contributed by atoms with van der Waals surface area (Å²) in [6.07, 6.45) is 1.35. The molecule has 1 aliphatic rings. The predicted octanol–water partition coefficient (Wildman–Crippen LogP) is 4.11. The molecule has 210 valence electrons. The fourth-order valence-electron chi connectivity index (χ4n) is 5.21. The molecule has 1 saturated heterocycles. The van der Waals surface area contributed by atoms with Crippen molar-refractivity contribution in [2.24, 2.45) is 0 Å². The number of aliphatic hydroxyl groups is 1. The van der Waals surface area contributed by atoms with Gasteiger partial charge in [-0.25, -0.2) is 4.98 Å². The number of likely N-dealkylation sites (tertiary alicyclic amines) is 1. The summed E-state index contributed by atoms with van der Waals surface area (Å²) in [6.45, 7) is 12.9.